The molecule has 3 aromatic rings. The Hall–Kier alpha value is -4.28. The maximum absolute atomic E-state index is 12.4. The normalized spacial score (nSPS) is 11.9. The summed E-state index contributed by atoms with van der Waals surface area (Å²) in [5.74, 6) is -0.648. The largest absolute Gasteiger partial charge is 0.493 e. The summed E-state index contributed by atoms with van der Waals surface area (Å²) in [6.07, 6.45) is 5.60. The summed E-state index contributed by atoms with van der Waals surface area (Å²) in [6, 6.07) is 10.4. The summed E-state index contributed by atoms with van der Waals surface area (Å²) in [6.45, 7) is -1.28. The molecule has 0 aliphatic rings. The highest BCUT2D eigenvalue weighted by Gasteiger charge is 2.15. The molecule has 33 heavy (non-hydrogen) atoms. The van der Waals surface area contributed by atoms with E-state index in [0.717, 1.165) is 0 Å². The standard InChI is InChI=1S/C22H21F2N5O4/c1-14(29-13-25-12-26-29)21(31)28-17-7-5-16(6-8-17)27-20(30)10-4-15-3-9-18(33-22(23)24)19(11-15)32-2/h3-14,22H,1-2H3,(H,27,30)(H,28,31)/b10-4+. The number of methoxy groups -OCH3 is 1. The molecule has 9 nitrogen and oxygen atoms in total. The molecule has 0 aliphatic carbocycles. The van der Waals surface area contributed by atoms with Gasteiger partial charge in [-0.3, -0.25) is 9.59 Å². The van der Waals surface area contributed by atoms with Crippen LogP contribution in [-0.4, -0.2) is 40.3 Å². The average molecular weight is 457 g/mol. The van der Waals surface area contributed by atoms with Crippen molar-refractivity contribution in [2.45, 2.75) is 19.6 Å². The van der Waals surface area contributed by atoms with Crippen LogP contribution in [0.5, 0.6) is 11.5 Å². The molecule has 2 N–H and O–H groups in total. The first-order valence-corrected chi connectivity index (χ1v) is 9.72. The van der Waals surface area contributed by atoms with Crippen molar-refractivity contribution in [3.05, 3.63) is 66.8 Å². The lowest BCUT2D eigenvalue weighted by Gasteiger charge is -2.12. The van der Waals surface area contributed by atoms with E-state index in [-0.39, 0.29) is 17.4 Å². The molecule has 2 aromatic carbocycles. The van der Waals surface area contributed by atoms with E-state index in [2.05, 4.69) is 25.5 Å². The minimum absolute atomic E-state index is 0.100. The van der Waals surface area contributed by atoms with Gasteiger partial charge in [-0.05, 0) is 55.0 Å². The van der Waals surface area contributed by atoms with Crippen molar-refractivity contribution < 1.29 is 27.8 Å². The van der Waals surface area contributed by atoms with Crippen molar-refractivity contribution >= 4 is 29.3 Å². The first-order chi connectivity index (χ1) is 15.9. The second kappa shape index (κ2) is 10.8. The number of amides is 2. The fourth-order valence-electron chi connectivity index (χ4n) is 2.76. The molecule has 0 saturated heterocycles. The van der Waals surface area contributed by atoms with Gasteiger partial charge in [-0.25, -0.2) is 9.67 Å². The number of anilines is 2. The number of carbonyl (C=O) groups is 2. The highest BCUT2D eigenvalue weighted by atomic mass is 19.3. The Morgan fingerprint density at radius 1 is 1.06 bits per heavy atom. The van der Waals surface area contributed by atoms with Crippen molar-refractivity contribution in [1.82, 2.24) is 14.8 Å². The van der Waals surface area contributed by atoms with Gasteiger partial charge in [-0.15, -0.1) is 0 Å². The predicted octanol–water partition coefficient (Wildman–Crippen LogP) is 3.74. The third-order valence-electron chi connectivity index (χ3n) is 4.46. The fraction of sp³-hybridized carbons (Fsp3) is 0.182. The maximum atomic E-state index is 12.4. The minimum Gasteiger partial charge on any atom is -0.493 e. The van der Waals surface area contributed by atoms with Crippen LogP contribution in [0.2, 0.25) is 0 Å². The Labute approximate surface area is 188 Å². The maximum Gasteiger partial charge on any atom is 0.387 e. The van der Waals surface area contributed by atoms with Crippen molar-refractivity contribution in [3.63, 3.8) is 0 Å². The summed E-state index contributed by atoms with van der Waals surface area (Å²) in [5.41, 5.74) is 1.63. The van der Waals surface area contributed by atoms with Gasteiger partial charge in [0, 0.05) is 17.5 Å². The van der Waals surface area contributed by atoms with Crippen LogP contribution in [0, 0.1) is 0 Å². The van der Waals surface area contributed by atoms with Gasteiger partial charge in [-0.1, -0.05) is 6.07 Å². The zero-order chi connectivity index (χ0) is 23.8. The van der Waals surface area contributed by atoms with Gasteiger partial charge >= 0.3 is 6.61 Å². The molecular formula is C22H21F2N5O4. The molecule has 1 aromatic heterocycles. The number of carbonyl (C=O) groups excluding carboxylic acids is 2. The molecule has 11 heteroatoms. The first-order valence-electron chi connectivity index (χ1n) is 9.72. The zero-order valence-corrected chi connectivity index (χ0v) is 17.7. The molecule has 172 valence electrons. The van der Waals surface area contributed by atoms with Crippen LogP contribution >= 0.6 is 0 Å². The number of hydrogen-bond acceptors (Lipinski definition) is 6. The van der Waals surface area contributed by atoms with Crippen LogP contribution in [0.4, 0.5) is 20.2 Å². The molecule has 1 heterocycles. The van der Waals surface area contributed by atoms with Crippen molar-refractivity contribution in [3.8, 4) is 11.5 Å². The van der Waals surface area contributed by atoms with Crippen LogP contribution in [0.15, 0.2) is 61.2 Å². The topological polar surface area (TPSA) is 107 Å². The fourth-order valence-corrected chi connectivity index (χ4v) is 2.76. The van der Waals surface area contributed by atoms with Crippen molar-refractivity contribution in [1.29, 1.82) is 0 Å². The summed E-state index contributed by atoms with van der Waals surface area (Å²) >= 11 is 0. The third-order valence-corrected chi connectivity index (χ3v) is 4.46. The van der Waals surface area contributed by atoms with Crippen LogP contribution < -0.4 is 20.1 Å². The van der Waals surface area contributed by atoms with Crippen LogP contribution in [-0.2, 0) is 9.59 Å². The number of alkyl halides is 2. The molecule has 3 rings (SSSR count). The molecule has 0 aliphatic heterocycles. The highest BCUT2D eigenvalue weighted by molar-refractivity contribution is 6.02. The van der Waals surface area contributed by atoms with E-state index in [4.69, 9.17) is 4.74 Å². The molecule has 0 spiro atoms. The lowest BCUT2D eigenvalue weighted by molar-refractivity contribution is -0.119. The number of aromatic nitrogens is 3. The van der Waals surface area contributed by atoms with Crippen molar-refractivity contribution in [2.75, 3.05) is 17.7 Å². The number of nitrogens with zero attached hydrogens (tertiary/aromatic N) is 3. The van der Waals surface area contributed by atoms with E-state index in [9.17, 15) is 18.4 Å². The quantitative estimate of drug-likeness (QED) is 0.474. The third kappa shape index (κ3) is 6.60. The minimum atomic E-state index is -2.97. The van der Waals surface area contributed by atoms with Crippen molar-refractivity contribution in [2.24, 2.45) is 0 Å². The van der Waals surface area contributed by atoms with E-state index in [0.29, 0.717) is 16.9 Å². The smallest absolute Gasteiger partial charge is 0.387 e. The second-order valence-electron chi connectivity index (χ2n) is 6.73. The van der Waals surface area contributed by atoms with Crippen LogP contribution in [0.1, 0.15) is 18.5 Å². The van der Waals surface area contributed by atoms with Crippen LogP contribution in [0.25, 0.3) is 6.08 Å². The lowest BCUT2D eigenvalue weighted by Crippen LogP contribution is -2.24. The molecule has 2 amide bonds. The molecule has 1 atom stereocenters. The number of nitrogens with one attached hydrogen (secondary N) is 2. The Balaban J connectivity index is 1.56. The summed E-state index contributed by atoms with van der Waals surface area (Å²) in [7, 11) is 1.33. The van der Waals surface area contributed by atoms with Gasteiger partial charge in [0.15, 0.2) is 11.5 Å². The second-order valence-corrected chi connectivity index (χ2v) is 6.73. The Morgan fingerprint density at radius 3 is 2.36 bits per heavy atom. The molecule has 1 unspecified atom stereocenters. The highest BCUT2D eigenvalue weighted by Crippen LogP contribution is 2.29. The molecule has 0 fully saturated rings. The van der Waals surface area contributed by atoms with E-state index in [1.165, 1.54) is 54.8 Å². The van der Waals surface area contributed by atoms with Gasteiger partial charge in [0.1, 0.15) is 18.7 Å². The number of halogens is 2. The lowest BCUT2D eigenvalue weighted by atomic mass is 10.2. The van der Waals surface area contributed by atoms with Crippen LogP contribution in [0.3, 0.4) is 0 Å². The van der Waals surface area contributed by atoms with Gasteiger partial charge in [0.25, 0.3) is 0 Å². The average Bonchev–Trinajstić information content (AvgIpc) is 3.33. The summed E-state index contributed by atoms with van der Waals surface area (Å²) < 4.78 is 35.7. The first kappa shape index (κ1) is 23.4. The van der Waals surface area contributed by atoms with Gasteiger partial charge in [0.05, 0.1) is 7.11 Å². The van der Waals surface area contributed by atoms with E-state index in [1.807, 2.05) is 0 Å². The monoisotopic (exact) mass is 457 g/mol. The van der Waals surface area contributed by atoms with E-state index in [1.54, 1.807) is 31.2 Å². The van der Waals surface area contributed by atoms with E-state index >= 15 is 0 Å². The molecule has 0 bridgehead atoms. The zero-order valence-electron chi connectivity index (χ0n) is 17.7. The Morgan fingerprint density at radius 2 is 1.76 bits per heavy atom. The SMILES string of the molecule is COc1cc(/C=C/C(=O)Nc2ccc(NC(=O)C(C)n3cncn3)cc2)ccc1OC(F)F. The number of hydrogen-bond donors (Lipinski definition) is 2. The number of ether oxygens (including phenoxy) is 2. The molecule has 0 radical (unpaired) electrons. The number of rotatable bonds is 9. The Kier molecular flexibility index (Phi) is 7.68. The van der Waals surface area contributed by atoms with Gasteiger partial charge in [-0.2, -0.15) is 13.9 Å². The number of benzene rings is 2. The van der Waals surface area contributed by atoms with E-state index < -0.39 is 18.6 Å². The summed E-state index contributed by atoms with van der Waals surface area (Å²) in [5, 5.41) is 9.39. The Bertz CT molecular complexity index is 1120. The summed E-state index contributed by atoms with van der Waals surface area (Å²) in [4.78, 5) is 28.3. The van der Waals surface area contributed by atoms with Gasteiger partial charge in [0.2, 0.25) is 11.8 Å². The van der Waals surface area contributed by atoms with Gasteiger partial charge < -0.3 is 20.1 Å². The molecular weight excluding hydrogens is 436 g/mol. The molecule has 0 saturated carbocycles. The predicted molar refractivity (Wildman–Crippen MR) is 117 cm³/mol.